The molecule has 1 aliphatic heterocycles. The highest BCUT2D eigenvalue weighted by Crippen LogP contribution is 2.26. The number of rotatable bonds is 9. The first-order valence-electron chi connectivity index (χ1n) is 10.5. The SMILES string of the molecule is CCC(NC(=O)CCc1cc(S(=O)(=O)N2CCOCC2)ccc1OC)c1ccccc1. The van der Waals surface area contributed by atoms with Crippen LogP contribution in [0.2, 0.25) is 0 Å². The third-order valence-electron chi connectivity index (χ3n) is 5.43. The molecule has 3 rings (SSSR count). The summed E-state index contributed by atoms with van der Waals surface area (Å²) in [4.78, 5) is 12.8. The van der Waals surface area contributed by atoms with Crippen LogP contribution < -0.4 is 10.1 Å². The molecule has 1 heterocycles. The Morgan fingerprint density at radius 2 is 1.87 bits per heavy atom. The van der Waals surface area contributed by atoms with Gasteiger partial charge in [0, 0.05) is 19.5 Å². The standard InChI is InChI=1S/C23H30N2O5S/c1-3-21(18-7-5-4-6-8-18)24-23(26)12-9-19-17-20(10-11-22(19)29-2)31(27,28)25-13-15-30-16-14-25/h4-8,10-11,17,21H,3,9,12-16H2,1-2H3,(H,24,26). The van der Waals surface area contributed by atoms with Crippen molar-refractivity contribution in [1.82, 2.24) is 9.62 Å². The fourth-order valence-corrected chi connectivity index (χ4v) is 5.13. The van der Waals surface area contributed by atoms with Gasteiger partial charge in [0.25, 0.3) is 0 Å². The molecule has 7 nitrogen and oxygen atoms in total. The Morgan fingerprint density at radius 3 is 2.52 bits per heavy atom. The normalized spacial score (nSPS) is 15.9. The smallest absolute Gasteiger partial charge is 0.243 e. The van der Waals surface area contributed by atoms with E-state index in [-0.39, 0.29) is 23.3 Å². The largest absolute Gasteiger partial charge is 0.496 e. The van der Waals surface area contributed by atoms with Crippen molar-refractivity contribution in [2.45, 2.75) is 37.1 Å². The van der Waals surface area contributed by atoms with Gasteiger partial charge in [-0.3, -0.25) is 4.79 Å². The van der Waals surface area contributed by atoms with Crippen LogP contribution in [0.15, 0.2) is 53.4 Å². The number of morpholine rings is 1. The number of methoxy groups -OCH3 is 1. The number of hydrogen-bond donors (Lipinski definition) is 1. The maximum absolute atomic E-state index is 13.0. The lowest BCUT2D eigenvalue weighted by molar-refractivity contribution is -0.121. The van der Waals surface area contributed by atoms with Crippen LogP contribution in [0.1, 0.15) is 36.9 Å². The molecule has 2 aromatic rings. The summed E-state index contributed by atoms with van der Waals surface area (Å²) in [5.74, 6) is 0.489. The van der Waals surface area contributed by atoms with E-state index in [1.54, 1.807) is 18.2 Å². The lowest BCUT2D eigenvalue weighted by atomic mass is 10.0. The lowest BCUT2D eigenvalue weighted by Gasteiger charge is -2.26. The molecule has 0 radical (unpaired) electrons. The maximum Gasteiger partial charge on any atom is 0.243 e. The van der Waals surface area contributed by atoms with Gasteiger partial charge >= 0.3 is 0 Å². The number of amides is 1. The van der Waals surface area contributed by atoms with Gasteiger partial charge in [-0.05, 0) is 42.2 Å². The van der Waals surface area contributed by atoms with E-state index < -0.39 is 10.0 Å². The Bertz CT molecular complexity index is 973. The highest BCUT2D eigenvalue weighted by molar-refractivity contribution is 7.89. The average molecular weight is 447 g/mol. The quantitative estimate of drug-likeness (QED) is 0.640. The second kappa shape index (κ2) is 10.7. The van der Waals surface area contributed by atoms with Crippen molar-refractivity contribution in [2.75, 3.05) is 33.4 Å². The van der Waals surface area contributed by atoms with Crippen LogP contribution in [0.5, 0.6) is 5.75 Å². The summed E-state index contributed by atoms with van der Waals surface area (Å²) in [7, 11) is -2.07. The van der Waals surface area contributed by atoms with Crippen LogP contribution in [-0.2, 0) is 26.0 Å². The average Bonchev–Trinajstić information content (AvgIpc) is 2.82. The Morgan fingerprint density at radius 1 is 1.16 bits per heavy atom. The molecule has 31 heavy (non-hydrogen) atoms. The highest BCUT2D eigenvalue weighted by Gasteiger charge is 2.27. The molecular weight excluding hydrogens is 416 g/mol. The molecule has 0 bridgehead atoms. The monoisotopic (exact) mass is 446 g/mol. The minimum absolute atomic E-state index is 0.0522. The van der Waals surface area contributed by atoms with Crippen LogP contribution >= 0.6 is 0 Å². The summed E-state index contributed by atoms with van der Waals surface area (Å²) in [6, 6.07) is 14.6. The van der Waals surface area contributed by atoms with E-state index in [1.807, 2.05) is 37.3 Å². The van der Waals surface area contributed by atoms with Gasteiger partial charge in [-0.25, -0.2) is 8.42 Å². The minimum atomic E-state index is -3.61. The van der Waals surface area contributed by atoms with Gasteiger partial charge in [-0.2, -0.15) is 4.31 Å². The first kappa shape index (κ1) is 23.2. The predicted octanol–water partition coefficient (Wildman–Crippen LogP) is 2.92. The van der Waals surface area contributed by atoms with E-state index in [9.17, 15) is 13.2 Å². The zero-order valence-electron chi connectivity index (χ0n) is 18.0. The summed E-state index contributed by atoms with van der Waals surface area (Å²) in [5.41, 5.74) is 1.76. The molecule has 8 heteroatoms. The summed E-state index contributed by atoms with van der Waals surface area (Å²) in [6.07, 6.45) is 1.40. The number of nitrogens with one attached hydrogen (secondary N) is 1. The summed E-state index contributed by atoms with van der Waals surface area (Å²) >= 11 is 0. The van der Waals surface area contributed by atoms with E-state index in [2.05, 4.69) is 5.32 Å². The molecule has 1 unspecified atom stereocenters. The van der Waals surface area contributed by atoms with Gasteiger partial charge < -0.3 is 14.8 Å². The molecule has 0 aromatic heterocycles. The summed E-state index contributed by atoms with van der Waals surface area (Å²) < 4.78 is 38.0. The molecule has 0 saturated carbocycles. The summed E-state index contributed by atoms with van der Waals surface area (Å²) in [6.45, 7) is 3.49. The number of sulfonamides is 1. The van der Waals surface area contributed by atoms with Crippen LogP contribution in [0.25, 0.3) is 0 Å². The number of aryl methyl sites for hydroxylation is 1. The Balaban J connectivity index is 1.70. The molecule has 1 amide bonds. The topological polar surface area (TPSA) is 84.9 Å². The second-order valence-electron chi connectivity index (χ2n) is 7.43. The lowest BCUT2D eigenvalue weighted by Crippen LogP contribution is -2.40. The van der Waals surface area contributed by atoms with Crippen molar-refractivity contribution >= 4 is 15.9 Å². The zero-order valence-corrected chi connectivity index (χ0v) is 18.9. The van der Waals surface area contributed by atoms with Gasteiger partial charge in [0.05, 0.1) is 31.3 Å². The molecule has 1 aliphatic rings. The van der Waals surface area contributed by atoms with E-state index in [4.69, 9.17) is 9.47 Å². The number of nitrogens with zero attached hydrogens (tertiary/aromatic N) is 1. The number of benzene rings is 2. The maximum atomic E-state index is 13.0. The molecule has 1 saturated heterocycles. The van der Waals surface area contributed by atoms with Crippen molar-refractivity contribution < 1.29 is 22.7 Å². The highest BCUT2D eigenvalue weighted by atomic mass is 32.2. The van der Waals surface area contributed by atoms with Crippen molar-refractivity contribution in [2.24, 2.45) is 0 Å². The van der Waals surface area contributed by atoms with E-state index >= 15 is 0 Å². The molecule has 0 aliphatic carbocycles. The summed E-state index contributed by atoms with van der Waals surface area (Å²) in [5, 5.41) is 3.07. The van der Waals surface area contributed by atoms with Gasteiger partial charge in [0.15, 0.2) is 0 Å². The number of carbonyl (C=O) groups excluding carboxylic acids is 1. The predicted molar refractivity (Wildman–Crippen MR) is 119 cm³/mol. The minimum Gasteiger partial charge on any atom is -0.496 e. The Labute approximate surface area is 184 Å². The zero-order chi connectivity index (χ0) is 22.3. The van der Waals surface area contributed by atoms with E-state index in [0.717, 1.165) is 12.0 Å². The second-order valence-corrected chi connectivity index (χ2v) is 9.37. The third kappa shape index (κ3) is 5.84. The third-order valence-corrected chi connectivity index (χ3v) is 7.32. The van der Waals surface area contributed by atoms with Crippen LogP contribution in [0, 0.1) is 0 Å². The van der Waals surface area contributed by atoms with Crippen molar-refractivity contribution in [3.8, 4) is 5.75 Å². The molecule has 168 valence electrons. The fraction of sp³-hybridized carbons (Fsp3) is 0.435. The van der Waals surface area contributed by atoms with Gasteiger partial charge in [-0.15, -0.1) is 0 Å². The molecule has 0 spiro atoms. The number of ether oxygens (including phenoxy) is 2. The van der Waals surface area contributed by atoms with Crippen LogP contribution in [0.3, 0.4) is 0 Å². The molecule has 1 atom stereocenters. The van der Waals surface area contributed by atoms with Gasteiger partial charge in [0.1, 0.15) is 5.75 Å². The molecule has 1 N–H and O–H groups in total. The number of carbonyl (C=O) groups is 1. The van der Waals surface area contributed by atoms with E-state index in [1.165, 1.54) is 11.4 Å². The first-order valence-corrected chi connectivity index (χ1v) is 12.0. The van der Waals surface area contributed by atoms with Gasteiger partial charge in [0.2, 0.25) is 15.9 Å². The molecule has 2 aromatic carbocycles. The van der Waals surface area contributed by atoms with Gasteiger partial charge in [-0.1, -0.05) is 37.3 Å². The first-order chi connectivity index (χ1) is 15.0. The van der Waals surface area contributed by atoms with Crippen molar-refractivity contribution in [3.63, 3.8) is 0 Å². The number of hydrogen-bond acceptors (Lipinski definition) is 5. The van der Waals surface area contributed by atoms with E-state index in [0.29, 0.717) is 44.0 Å². The molecule has 1 fully saturated rings. The van der Waals surface area contributed by atoms with Crippen LogP contribution in [-0.4, -0.2) is 52.0 Å². The van der Waals surface area contributed by atoms with Crippen LogP contribution in [0.4, 0.5) is 0 Å². The molecular formula is C23H30N2O5S. The Hall–Kier alpha value is -2.42. The fourth-order valence-electron chi connectivity index (χ4n) is 3.67. The van der Waals surface area contributed by atoms with Crippen molar-refractivity contribution in [3.05, 3.63) is 59.7 Å². The van der Waals surface area contributed by atoms with Crippen molar-refractivity contribution in [1.29, 1.82) is 0 Å². The Kier molecular flexibility index (Phi) is 8.06.